The lowest BCUT2D eigenvalue weighted by Gasteiger charge is -2.25. The van der Waals surface area contributed by atoms with Crippen molar-refractivity contribution in [2.24, 2.45) is 5.92 Å². The highest BCUT2D eigenvalue weighted by molar-refractivity contribution is 5.70. The Morgan fingerprint density at radius 3 is 2.46 bits per heavy atom. The van der Waals surface area contributed by atoms with Crippen LogP contribution in [0.15, 0.2) is 0 Å². The molecule has 0 spiro atoms. The van der Waals surface area contributed by atoms with E-state index in [1.54, 1.807) is 0 Å². The summed E-state index contributed by atoms with van der Waals surface area (Å²) in [5, 5.41) is 0. The van der Waals surface area contributed by atoms with E-state index in [1.165, 1.54) is 13.3 Å². The molecule has 0 bridgehead atoms. The highest BCUT2D eigenvalue weighted by Gasteiger charge is 2.25. The number of hydrogen-bond donors (Lipinski definition) is 0. The fourth-order valence-electron chi connectivity index (χ4n) is 1.89. The standard InChI is InChI=1S/C10H16O3/c1-8(12)13-10(7-11)9-5-3-2-4-6-9/h7,9-10H,2-6H2,1H3. The number of hydrogen-bond acceptors (Lipinski definition) is 3. The molecular weight excluding hydrogens is 168 g/mol. The molecule has 0 N–H and O–H groups in total. The van der Waals surface area contributed by atoms with Crippen molar-refractivity contribution >= 4 is 12.3 Å². The Balaban J connectivity index is 2.43. The molecule has 0 aromatic rings. The number of carbonyl (C=O) groups excluding carboxylic acids is 2. The van der Waals surface area contributed by atoms with Crippen molar-refractivity contribution in [3.8, 4) is 0 Å². The summed E-state index contributed by atoms with van der Waals surface area (Å²) in [5.41, 5.74) is 0. The molecular formula is C10H16O3. The van der Waals surface area contributed by atoms with Gasteiger partial charge in [0.2, 0.25) is 0 Å². The second kappa shape index (κ2) is 5.00. The SMILES string of the molecule is CC(=O)OC(C=O)C1CCCCC1. The predicted molar refractivity (Wildman–Crippen MR) is 48.2 cm³/mol. The fraction of sp³-hybridized carbons (Fsp3) is 0.800. The molecule has 0 aromatic carbocycles. The van der Waals surface area contributed by atoms with Crippen molar-refractivity contribution in [2.75, 3.05) is 0 Å². The summed E-state index contributed by atoms with van der Waals surface area (Å²) in [6, 6.07) is 0. The molecule has 0 aromatic heterocycles. The Morgan fingerprint density at radius 2 is 2.00 bits per heavy atom. The summed E-state index contributed by atoms with van der Waals surface area (Å²) in [6.07, 6.45) is 5.82. The van der Waals surface area contributed by atoms with Crippen LogP contribution in [0.3, 0.4) is 0 Å². The van der Waals surface area contributed by atoms with Gasteiger partial charge in [0.25, 0.3) is 0 Å². The zero-order valence-corrected chi connectivity index (χ0v) is 7.99. The first-order valence-electron chi connectivity index (χ1n) is 4.86. The quantitative estimate of drug-likeness (QED) is 0.495. The van der Waals surface area contributed by atoms with E-state index < -0.39 is 6.10 Å². The summed E-state index contributed by atoms with van der Waals surface area (Å²) >= 11 is 0. The van der Waals surface area contributed by atoms with Gasteiger partial charge in [-0.05, 0) is 12.8 Å². The first-order chi connectivity index (χ1) is 6.24. The van der Waals surface area contributed by atoms with Crippen LogP contribution in [0.2, 0.25) is 0 Å². The van der Waals surface area contributed by atoms with Gasteiger partial charge in [0.05, 0.1) is 0 Å². The molecule has 3 nitrogen and oxygen atoms in total. The average Bonchev–Trinajstić information content (AvgIpc) is 2.15. The molecule has 74 valence electrons. The van der Waals surface area contributed by atoms with Gasteiger partial charge in [0.1, 0.15) is 0 Å². The van der Waals surface area contributed by atoms with Gasteiger partial charge in [-0.25, -0.2) is 0 Å². The zero-order chi connectivity index (χ0) is 9.68. The Hall–Kier alpha value is -0.860. The van der Waals surface area contributed by atoms with Gasteiger partial charge in [-0.1, -0.05) is 19.3 Å². The molecule has 0 heterocycles. The second-order valence-corrected chi connectivity index (χ2v) is 3.61. The molecule has 0 saturated heterocycles. The average molecular weight is 184 g/mol. The molecule has 1 aliphatic rings. The third kappa shape index (κ3) is 3.17. The van der Waals surface area contributed by atoms with Crippen LogP contribution in [0.25, 0.3) is 0 Å². The highest BCUT2D eigenvalue weighted by atomic mass is 16.5. The maximum absolute atomic E-state index is 10.7. The van der Waals surface area contributed by atoms with Gasteiger partial charge in [0, 0.05) is 12.8 Å². The van der Waals surface area contributed by atoms with Crippen LogP contribution in [-0.4, -0.2) is 18.4 Å². The third-order valence-corrected chi connectivity index (χ3v) is 2.55. The van der Waals surface area contributed by atoms with E-state index in [0.29, 0.717) is 0 Å². The predicted octanol–water partition coefficient (Wildman–Crippen LogP) is 1.70. The van der Waals surface area contributed by atoms with Gasteiger partial charge >= 0.3 is 5.97 Å². The smallest absolute Gasteiger partial charge is 0.303 e. The first kappa shape index (κ1) is 10.2. The topological polar surface area (TPSA) is 43.4 Å². The molecule has 1 fully saturated rings. The number of carbonyl (C=O) groups is 2. The molecule has 13 heavy (non-hydrogen) atoms. The third-order valence-electron chi connectivity index (χ3n) is 2.55. The second-order valence-electron chi connectivity index (χ2n) is 3.61. The lowest BCUT2D eigenvalue weighted by molar-refractivity contribution is -0.153. The summed E-state index contributed by atoms with van der Waals surface area (Å²) in [5.74, 6) is -0.0992. The zero-order valence-electron chi connectivity index (χ0n) is 7.99. The summed E-state index contributed by atoms with van der Waals surface area (Å²) in [7, 11) is 0. The van der Waals surface area contributed by atoms with Crippen LogP contribution in [0.1, 0.15) is 39.0 Å². The van der Waals surface area contributed by atoms with Gasteiger partial charge in [-0.2, -0.15) is 0 Å². The molecule has 1 aliphatic carbocycles. The maximum atomic E-state index is 10.7. The van der Waals surface area contributed by atoms with E-state index in [1.807, 2.05) is 0 Å². The van der Waals surface area contributed by atoms with Gasteiger partial charge in [-0.15, -0.1) is 0 Å². The van der Waals surface area contributed by atoms with Crippen molar-refractivity contribution < 1.29 is 14.3 Å². The molecule has 0 aliphatic heterocycles. The normalized spacial score (nSPS) is 20.7. The lowest BCUT2D eigenvalue weighted by Crippen LogP contribution is -2.29. The molecule has 3 heteroatoms. The number of rotatable bonds is 3. The van der Waals surface area contributed by atoms with Crippen molar-refractivity contribution in [2.45, 2.75) is 45.1 Å². The van der Waals surface area contributed by atoms with Crippen molar-refractivity contribution in [3.05, 3.63) is 0 Å². The van der Waals surface area contributed by atoms with Crippen molar-refractivity contribution in [1.82, 2.24) is 0 Å². The first-order valence-corrected chi connectivity index (χ1v) is 4.86. The number of ether oxygens (including phenoxy) is 1. The van der Waals surface area contributed by atoms with Gasteiger partial charge in [-0.3, -0.25) is 9.59 Å². The Labute approximate surface area is 78.5 Å². The van der Waals surface area contributed by atoms with E-state index in [4.69, 9.17) is 4.74 Å². The molecule has 1 rings (SSSR count). The largest absolute Gasteiger partial charge is 0.455 e. The summed E-state index contributed by atoms with van der Waals surface area (Å²) in [4.78, 5) is 21.3. The minimum absolute atomic E-state index is 0.259. The van der Waals surface area contributed by atoms with Crippen LogP contribution < -0.4 is 0 Å². The molecule has 0 radical (unpaired) electrons. The van der Waals surface area contributed by atoms with Crippen LogP contribution in [0.4, 0.5) is 0 Å². The maximum Gasteiger partial charge on any atom is 0.303 e. The fourth-order valence-corrected chi connectivity index (χ4v) is 1.89. The summed E-state index contributed by atoms with van der Waals surface area (Å²) in [6.45, 7) is 1.35. The minimum atomic E-state index is -0.502. The van der Waals surface area contributed by atoms with E-state index >= 15 is 0 Å². The van der Waals surface area contributed by atoms with Crippen LogP contribution >= 0.6 is 0 Å². The van der Waals surface area contributed by atoms with E-state index in [2.05, 4.69) is 0 Å². The number of aldehydes is 1. The van der Waals surface area contributed by atoms with E-state index in [9.17, 15) is 9.59 Å². The van der Waals surface area contributed by atoms with Crippen molar-refractivity contribution in [1.29, 1.82) is 0 Å². The van der Waals surface area contributed by atoms with Gasteiger partial charge in [0.15, 0.2) is 12.4 Å². The highest BCUT2D eigenvalue weighted by Crippen LogP contribution is 2.27. The Kier molecular flexibility index (Phi) is 3.93. The Bertz CT molecular complexity index is 183. The van der Waals surface area contributed by atoms with Crippen LogP contribution in [0, 0.1) is 5.92 Å². The van der Waals surface area contributed by atoms with Gasteiger partial charge < -0.3 is 4.74 Å². The summed E-state index contributed by atoms with van der Waals surface area (Å²) < 4.78 is 4.93. The molecule has 1 saturated carbocycles. The molecule has 1 atom stereocenters. The minimum Gasteiger partial charge on any atom is -0.455 e. The Morgan fingerprint density at radius 1 is 1.38 bits per heavy atom. The number of esters is 1. The van der Waals surface area contributed by atoms with E-state index in [-0.39, 0.29) is 11.9 Å². The van der Waals surface area contributed by atoms with E-state index in [0.717, 1.165) is 32.0 Å². The monoisotopic (exact) mass is 184 g/mol. The lowest BCUT2D eigenvalue weighted by atomic mass is 9.86. The van der Waals surface area contributed by atoms with Crippen molar-refractivity contribution in [3.63, 3.8) is 0 Å². The molecule has 0 amide bonds. The van der Waals surface area contributed by atoms with Crippen LogP contribution in [0.5, 0.6) is 0 Å². The molecule has 1 unspecified atom stereocenters. The van der Waals surface area contributed by atoms with Crippen LogP contribution in [-0.2, 0) is 14.3 Å².